The highest BCUT2D eigenvalue weighted by Gasteiger charge is 2.03. The molecule has 0 aliphatic heterocycles. The lowest BCUT2D eigenvalue weighted by atomic mass is 10.2. The Morgan fingerprint density at radius 3 is 2.37 bits per heavy atom. The summed E-state index contributed by atoms with van der Waals surface area (Å²) in [4.78, 5) is 0. The number of hydrogen-bond donors (Lipinski definition) is 1. The first-order chi connectivity index (χ1) is 9.10. The van der Waals surface area contributed by atoms with E-state index in [-0.39, 0.29) is 0 Å². The quantitative estimate of drug-likeness (QED) is 0.656. The molecule has 0 heterocycles. The van der Waals surface area contributed by atoms with Gasteiger partial charge in [-0.15, -0.1) is 0 Å². The summed E-state index contributed by atoms with van der Waals surface area (Å²) >= 11 is 10.5. The molecule has 100 valence electrons. The van der Waals surface area contributed by atoms with Gasteiger partial charge in [0.05, 0.1) is 12.8 Å². The van der Waals surface area contributed by atoms with E-state index in [1.165, 1.54) is 5.56 Å². The number of halogens is 3. The lowest BCUT2D eigenvalue weighted by molar-refractivity contribution is 0.415. The van der Waals surface area contributed by atoms with Gasteiger partial charge in [0.15, 0.2) is 0 Å². The largest absolute Gasteiger partial charge is 0.497 e. The van der Waals surface area contributed by atoms with Crippen molar-refractivity contribution in [2.45, 2.75) is 6.54 Å². The van der Waals surface area contributed by atoms with Crippen LogP contribution in [0, 0.1) is 0 Å². The Bertz CT molecular complexity index is 587. The fourth-order valence-corrected chi connectivity index (χ4v) is 2.67. The van der Waals surface area contributed by atoms with Crippen LogP contribution in [0.4, 0.5) is 5.69 Å². The van der Waals surface area contributed by atoms with Crippen molar-refractivity contribution in [3.8, 4) is 5.75 Å². The van der Waals surface area contributed by atoms with Crippen LogP contribution in [0.5, 0.6) is 5.75 Å². The Kier molecular flexibility index (Phi) is 5.30. The minimum Gasteiger partial charge on any atom is -0.497 e. The van der Waals surface area contributed by atoms with E-state index < -0.39 is 0 Å². The number of nitrogens with one attached hydrogen (secondary N) is 1. The molecule has 1 N–H and O–H groups in total. The second kappa shape index (κ2) is 6.77. The molecule has 0 aliphatic carbocycles. The molecule has 2 nitrogen and oxygen atoms in total. The van der Waals surface area contributed by atoms with Crippen LogP contribution in [0.15, 0.2) is 49.8 Å². The van der Waals surface area contributed by atoms with Crippen LogP contribution >= 0.6 is 47.8 Å². The number of hydrogen-bond acceptors (Lipinski definition) is 2. The maximum absolute atomic E-state index is 5.22. The molecule has 0 bridgehead atoms. The molecule has 0 spiro atoms. The summed E-state index contributed by atoms with van der Waals surface area (Å²) in [6.45, 7) is 0.748. The fraction of sp³-hybridized carbons (Fsp3) is 0.143. The number of benzene rings is 2. The van der Waals surface area contributed by atoms with E-state index in [1.54, 1.807) is 7.11 Å². The molecule has 0 aromatic heterocycles. The molecule has 19 heavy (non-hydrogen) atoms. The molecule has 0 atom stereocenters. The van der Waals surface area contributed by atoms with Gasteiger partial charge in [0.1, 0.15) is 5.75 Å². The summed E-state index contributed by atoms with van der Waals surface area (Å²) in [6.07, 6.45) is 0. The van der Waals surface area contributed by atoms with Crippen LogP contribution in [-0.2, 0) is 6.54 Å². The molecule has 0 aliphatic rings. The third-order valence-electron chi connectivity index (χ3n) is 2.64. The first-order valence-corrected chi connectivity index (χ1v) is 7.99. The minimum atomic E-state index is 0.748. The van der Waals surface area contributed by atoms with Crippen LogP contribution < -0.4 is 10.1 Å². The summed E-state index contributed by atoms with van der Waals surface area (Å²) in [5.74, 6) is 0.836. The van der Waals surface area contributed by atoms with Gasteiger partial charge >= 0.3 is 0 Å². The van der Waals surface area contributed by atoms with Crippen LogP contribution in [0.1, 0.15) is 5.56 Å². The van der Waals surface area contributed by atoms with Gasteiger partial charge in [-0.2, -0.15) is 0 Å². The SMILES string of the molecule is COc1ccc(Br)c(NCc2ccc(Br)c(Br)c2)c1. The van der Waals surface area contributed by atoms with Crippen LogP contribution in [0.3, 0.4) is 0 Å². The van der Waals surface area contributed by atoms with Crippen molar-refractivity contribution in [2.75, 3.05) is 12.4 Å². The normalized spacial score (nSPS) is 10.3. The second-order valence-corrected chi connectivity index (χ2v) is 6.51. The molecular weight excluding hydrogens is 438 g/mol. The third-order valence-corrected chi connectivity index (χ3v) is 5.21. The Balaban J connectivity index is 2.11. The van der Waals surface area contributed by atoms with Crippen molar-refractivity contribution in [1.82, 2.24) is 0 Å². The molecule has 2 aromatic rings. The average molecular weight is 450 g/mol. The zero-order chi connectivity index (χ0) is 13.8. The first-order valence-electron chi connectivity index (χ1n) is 5.61. The van der Waals surface area contributed by atoms with E-state index in [1.807, 2.05) is 24.3 Å². The number of ether oxygens (including phenoxy) is 1. The minimum absolute atomic E-state index is 0.748. The van der Waals surface area contributed by atoms with E-state index >= 15 is 0 Å². The highest BCUT2D eigenvalue weighted by atomic mass is 79.9. The average Bonchev–Trinajstić information content (AvgIpc) is 2.41. The second-order valence-electron chi connectivity index (χ2n) is 3.95. The highest BCUT2D eigenvalue weighted by Crippen LogP contribution is 2.28. The van der Waals surface area contributed by atoms with E-state index in [4.69, 9.17) is 4.74 Å². The third kappa shape index (κ3) is 3.97. The summed E-state index contributed by atoms with van der Waals surface area (Å²) in [6, 6.07) is 12.1. The topological polar surface area (TPSA) is 21.3 Å². The van der Waals surface area contributed by atoms with Gasteiger partial charge < -0.3 is 10.1 Å². The van der Waals surface area contributed by atoms with Gasteiger partial charge in [-0.05, 0) is 77.6 Å². The molecule has 0 fully saturated rings. The zero-order valence-corrected chi connectivity index (χ0v) is 15.0. The molecule has 0 amide bonds. The fourth-order valence-electron chi connectivity index (χ4n) is 1.61. The van der Waals surface area contributed by atoms with Crippen molar-refractivity contribution in [3.63, 3.8) is 0 Å². The molecule has 5 heteroatoms. The van der Waals surface area contributed by atoms with Gasteiger partial charge in [0, 0.05) is 26.0 Å². The molecule has 2 rings (SSSR count). The summed E-state index contributed by atoms with van der Waals surface area (Å²) < 4.78 is 8.35. The zero-order valence-electron chi connectivity index (χ0n) is 10.2. The number of rotatable bonds is 4. The van der Waals surface area contributed by atoms with Gasteiger partial charge in [-0.1, -0.05) is 6.07 Å². The summed E-state index contributed by atoms with van der Waals surface area (Å²) in [7, 11) is 1.67. The molecule has 0 radical (unpaired) electrons. The maximum atomic E-state index is 5.22. The van der Waals surface area contributed by atoms with Gasteiger partial charge in [-0.3, -0.25) is 0 Å². The smallest absolute Gasteiger partial charge is 0.121 e. The standard InChI is InChI=1S/C14H12Br3NO/c1-19-10-3-5-12(16)14(7-10)18-8-9-2-4-11(15)13(17)6-9/h2-7,18H,8H2,1H3. The van der Waals surface area contributed by atoms with E-state index in [0.717, 1.165) is 31.4 Å². The maximum Gasteiger partial charge on any atom is 0.121 e. The molecule has 0 unspecified atom stereocenters. The molecule has 0 saturated heterocycles. The predicted molar refractivity (Wildman–Crippen MR) is 89.9 cm³/mol. The molecule has 2 aromatic carbocycles. The molecule has 0 saturated carbocycles. The van der Waals surface area contributed by atoms with Gasteiger partial charge in [0.25, 0.3) is 0 Å². The Labute approximate surface area is 137 Å². The molecular formula is C14H12Br3NO. The Hall–Kier alpha value is -0.520. The van der Waals surface area contributed by atoms with Crippen molar-refractivity contribution < 1.29 is 4.74 Å². The summed E-state index contributed by atoms with van der Waals surface area (Å²) in [5.41, 5.74) is 2.21. The van der Waals surface area contributed by atoms with Crippen molar-refractivity contribution in [3.05, 3.63) is 55.4 Å². The van der Waals surface area contributed by atoms with E-state index in [0.29, 0.717) is 0 Å². The highest BCUT2D eigenvalue weighted by molar-refractivity contribution is 9.13. The van der Waals surface area contributed by atoms with Crippen LogP contribution in [0.25, 0.3) is 0 Å². The summed E-state index contributed by atoms with van der Waals surface area (Å²) in [5, 5.41) is 3.39. The lowest BCUT2D eigenvalue weighted by Crippen LogP contribution is -2.00. The number of methoxy groups -OCH3 is 1. The Morgan fingerprint density at radius 2 is 1.68 bits per heavy atom. The van der Waals surface area contributed by atoms with Gasteiger partial charge in [-0.25, -0.2) is 0 Å². The van der Waals surface area contributed by atoms with Crippen molar-refractivity contribution in [2.24, 2.45) is 0 Å². The van der Waals surface area contributed by atoms with Gasteiger partial charge in [0.2, 0.25) is 0 Å². The predicted octanol–water partition coefficient (Wildman–Crippen LogP) is 5.59. The van der Waals surface area contributed by atoms with Crippen LogP contribution in [-0.4, -0.2) is 7.11 Å². The van der Waals surface area contributed by atoms with E-state index in [2.05, 4.69) is 65.2 Å². The van der Waals surface area contributed by atoms with Crippen molar-refractivity contribution >= 4 is 53.5 Å². The van der Waals surface area contributed by atoms with Crippen LogP contribution in [0.2, 0.25) is 0 Å². The monoisotopic (exact) mass is 447 g/mol. The first kappa shape index (κ1) is 14.9. The van der Waals surface area contributed by atoms with E-state index in [9.17, 15) is 0 Å². The lowest BCUT2D eigenvalue weighted by Gasteiger charge is -2.11. The Morgan fingerprint density at radius 1 is 0.947 bits per heavy atom. The van der Waals surface area contributed by atoms with Crippen molar-refractivity contribution in [1.29, 1.82) is 0 Å². The number of anilines is 1.